The van der Waals surface area contributed by atoms with Crippen molar-refractivity contribution < 1.29 is 9.90 Å². The number of carboxylic acids is 1. The first-order chi connectivity index (χ1) is 14.7. The number of hydrogen-bond donors (Lipinski definition) is 2. The van der Waals surface area contributed by atoms with Crippen LogP contribution in [0.5, 0.6) is 0 Å². The molecule has 6 nitrogen and oxygen atoms in total. The standard InChI is InChI=1S/C24H30N4O2S/c1-15(2)13-28(14-16(3)4)22-11-10-18(19-8-6-7-9-20(19)23(29)30)12-21(22)25-24-27-26-17(5)31-24/h6-12,15-16H,13-14H2,1-5H3,(H,25,27)(H,29,30). The summed E-state index contributed by atoms with van der Waals surface area (Å²) in [5.41, 5.74) is 3.80. The summed E-state index contributed by atoms with van der Waals surface area (Å²) in [6, 6.07) is 13.2. The molecule has 1 aromatic heterocycles. The van der Waals surface area contributed by atoms with E-state index in [1.54, 1.807) is 12.1 Å². The molecule has 31 heavy (non-hydrogen) atoms. The molecule has 3 rings (SSSR count). The van der Waals surface area contributed by atoms with Gasteiger partial charge in [-0.2, -0.15) is 0 Å². The fourth-order valence-corrected chi connectivity index (χ4v) is 4.22. The Morgan fingerprint density at radius 2 is 1.74 bits per heavy atom. The zero-order chi connectivity index (χ0) is 22.5. The molecule has 0 aliphatic rings. The van der Waals surface area contributed by atoms with Crippen LogP contribution in [0.15, 0.2) is 42.5 Å². The van der Waals surface area contributed by atoms with Crippen LogP contribution in [0.4, 0.5) is 16.5 Å². The summed E-state index contributed by atoms with van der Waals surface area (Å²) in [6.45, 7) is 12.6. The fourth-order valence-electron chi connectivity index (χ4n) is 3.62. The number of benzene rings is 2. The van der Waals surface area contributed by atoms with Crippen molar-refractivity contribution in [1.82, 2.24) is 10.2 Å². The maximum absolute atomic E-state index is 11.8. The van der Waals surface area contributed by atoms with E-state index in [0.29, 0.717) is 17.4 Å². The average Bonchev–Trinajstić information content (AvgIpc) is 3.11. The topological polar surface area (TPSA) is 78.3 Å². The van der Waals surface area contributed by atoms with Crippen LogP contribution in [-0.2, 0) is 0 Å². The van der Waals surface area contributed by atoms with Gasteiger partial charge in [0.15, 0.2) is 0 Å². The number of aryl methyl sites for hydroxylation is 1. The number of hydrogen-bond acceptors (Lipinski definition) is 6. The van der Waals surface area contributed by atoms with Gasteiger partial charge in [-0.15, -0.1) is 10.2 Å². The molecule has 0 bridgehead atoms. The molecular weight excluding hydrogens is 408 g/mol. The third-order valence-electron chi connectivity index (χ3n) is 4.74. The predicted octanol–water partition coefficient (Wildman–Crippen LogP) is 6.07. The van der Waals surface area contributed by atoms with Gasteiger partial charge in [0.1, 0.15) is 5.01 Å². The zero-order valence-corrected chi connectivity index (χ0v) is 19.5. The fraction of sp³-hybridized carbons (Fsp3) is 0.375. The Bertz CT molecular complexity index is 1040. The van der Waals surface area contributed by atoms with Crippen molar-refractivity contribution in [1.29, 1.82) is 0 Å². The second kappa shape index (κ2) is 9.92. The Hall–Kier alpha value is -2.93. The Morgan fingerprint density at radius 3 is 2.32 bits per heavy atom. The van der Waals surface area contributed by atoms with Gasteiger partial charge in [0.05, 0.1) is 16.9 Å². The number of nitrogens with zero attached hydrogens (tertiary/aromatic N) is 3. The maximum Gasteiger partial charge on any atom is 0.336 e. The van der Waals surface area contributed by atoms with E-state index in [1.807, 2.05) is 31.2 Å². The minimum atomic E-state index is -0.935. The van der Waals surface area contributed by atoms with E-state index in [0.717, 1.165) is 40.2 Å². The van der Waals surface area contributed by atoms with E-state index in [1.165, 1.54) is 11.3 Å². The van der Waals surface area contributed by atoms with E-state index >= 15 is 0 Å². The third-order valence-corrected chi connectivity index (χ3v) is 5.50. The molecule has 0 atom stereocenters. The predicted molar refractivity (Wildman–Crippen MR) is 129 cm³/mol. The quantitative estimate of drug-likeness (QED) is 0.422. The molecular formula is C24H30N4O2S. The maximum atomic E-state index is 11.8. The normalized spacial score (nSPS) is 11.2. The Balaban J connectivity index is 2.11. The molecule has 164 valence electrons. The minimum absolute atomic E-state index is 0.286. The molecule has 0 saturated heterocycles. The van der Waals surface area contributed by atoms with Crippen molar-refractivity contribution in [2.75, 3.05) is 23.3 Å². The molecule has 0 fully saturated rings. The van der Waals surface area contributed by atoms with E-state index in [4.69, 9.17) is 0 Å². The van der Waals surface area contributed by atoms with Gasteiger partial charge in [-0.25, -0.2) is 4.79 Å². The van der Waals surface area contributed by atoms with E-state index in [-0.39, 0.29) is 5.56 Å². The molecule has 3 aromatic rings. The van der Waals surface area contributed by atoms with Gasteiger partial charge in [-0.3, -0.25) is 0 Å². The van der Waals surface area contributed by atoms with Crippen molar-refractivity contribution >= 4 is 33.8 Å². The monoisotopic (exact) mass is 438 g/mol. The van der Waals surface area contributed by atoms with Crippen LogP contribution >= 0.6 is 11.3 Å². The number of rotatable bonds is 9. The number of carboxylic acid groups (broad SMARTS) is 1. The SMILES string of the molecule is Cc1nnc(Nc2cc(-c3ccccc3C(=O)O)ccc2N(CC(C)C)CC(C)C)s1. The lowest BCUT2D eigenvalue weighted by atomic mass is 9.98. The molecule has 2 aromatic carbocycles. The minimum Gasteiger partial charge on any atom is -0.478 e. The smallest absolute Gasteiger partial charge is 0.336 e. The van der Waals surface area contributed by atoms with E-state index < -0.39 is 5.97 Å². The first kappa shape index (κ1) is 22.7. The zero-order valence-electron chi connectivity index (χ0n) is 18.7. The lowest BCUT2D eigenvalue weighted by Crippen LogP contribution is -2.31. The van der Waals surface area contributed by atoms with E-state index in [2.05, 4.69) is 54.2 Å². The molecule has 7 heteroatoms. The lowest BCUT2D eigenvalue weighted by Gasteiger charge is -2.30. The van der Waals surface area contributed by atoms with Gasteiger partial charge in [0.25, 0.3) is 0 Å². The van der Waals surface area contributed by atoms with Gasteiger partial charge < -0.3 is 15.3 Å². The summed E-state index contributed by atoms with van der Waals surface area (Å²) in [4.78, 5) is 14.1. The highest BCUT2D eigenvalue weighted by Gasteiger charge is 2.18. The van der Waals surface area contributed by atoms with Crippen LogP contribution in [0.3, 0.4) is 0 Å². The highest BCUT2D eigenvalue weighted by atomic mass is 32.1. The average molecular weight is 439 g/mol. The van der Waals surface area contributed by atoms with Crippen molar-refractivity contribution in [3.63, 3.8) is 0 Å². The van der Waals surface area contributed by atoms with Crippen molar-refractivity contribution in [3.05, 3.63) is 53.0 Å². The molecule has 0 aliphatic heterocycles. The number of aromatic nitrogens is 2. The van der Waals surface area contributed by atoms with Gasteiger partial charge in [-0.1, -0.05) is 63.3 Å². The van der Waals surface area contributed by atoms with Gasteiger partial charge >= 0.3 is 5.97 Å². The molecule has 1 heterocycles. The Kier molecular flexibility index (Phi) is 7.28. The van der Waals surface area contributed by atoms with Crippen molar-refractivity contribution in [3.8, 4) is 11.1 Å². The van der Waals surface area contributed by atoms with Crippen LogP contribution in [0.2, 0.25) is 0 Å². The van der Waals surface area contributed by atoms with Crippen molar-refractivity contribution in [2.45, 2.75) is 34.6 Å². The molecule has 0 amide bonds. The van der Waals surface area contributed by atoms with Gasteiger partial charge in [0.2, 0.25) is 5.13 Å². The number of nitrogens with one attached hydrogen (secondary N) is 1. The number of anilines is 3. The second-order valence-electron chi connectivity index (χ2n) is 8.53. The molecule has 0 radical (unpaired) electrons. The highest BCUT2D eigenvalue weighted by molar-refractivity contribution is 7.15. The molecule has 0 saturated carbocycles. The summed E-state index contributed by atoms with van der Waals surface area (Å²) in [6.07, 6.45) is 0. The largest absolute Gasteiger partial charge is 0.478 e. The van der Waals surface area contributed by atoms with Gasteiger partial charge in [-0.05, 0) is 48.1 Å². The summed E-state index contributed by atoms with van der Waals surface area (Å²) >= 11 is 1.49. The first-order valence-electron chi connectivity index (χ1n) is 10.5. The van der Waals surface area contributed by atoms with Crippen LogP contribution in [-0.4, -0.2) is 34.4 Å². The van der Waals surface area contributed by atoms with E-state index in [9.17, 15) is 9.90 Å². The summed E-state index contributed by atoms with van der Waals surface area (Å²) in [7, 11) is 0. The van der Waals surface area contributed by atoms with Gasteiger partial charge in [0, 0.05) is 13.1 Å². The third kappa shape index (κ3) is 5.82. The van der Waals surface area contributed by atoms with Crippen LogP contribution in [0.25, 0.3) is 11.1 Å². The van der Waals surface area contributed by atoms with Crippen LogP contribution < -0.4 is 10.2 Å². The van der Waals surface area contributed by atoms with Crippen LogP contribution in [0, 0.1) is 18.8 Å². The second-order valence-corrected chi connectivity index (χ2v) is 9.71. The first-order valence-corrected chi connectivity index (χ1v) is 11.3. The molecule has 0 spiro atoms. The summed E-state index contributed by atoms with van der Waals surface area (Å²) < 4.78 is 0. The van der Waals surface area contributed by atoms with Crippen molar-refractivity contribution in [2.24, 2.45) is 11.8 Å². The number of aromatic carboxylic acids is 1. The summed E-state index contributed by atoms with van der Waals surface area (Å²) in [5.74, 6) is 0.0701. The molecule has 0 unspecified atom stereocenters. The summed E-state index contributed by atoms with van der Waals surface area (Å²) in [5, 5.41) is 23.0. The highest BCUT2D eigenvalue weighted by Crippen LogP contribution is 2.36. The number of carbonyl (C=O) groups is 1. The van der Waals surface area contributed by atoms with Crippen LogP contribution in [0.1, 0.15) is 43.1 Å². The Labute approximate surface area is 188 Å². The molecule has 2 N–H and O–H groups in total. The Morgan fingerprint density at radius 1 is 1.06 bits per heavy atom. The lowest BCUT2D eigenvalue weighted by molar-refractivity contribution is 0.0697. The molecule has 0 aliphatic carbocycles.